The van der Waals surface area contributed by atoms with Crippen LogP contribution in [-0.4, -0.2) is 12.8 Å². The minimum Gasteiger partial charge on any atom is -0.293 e. The van der Waals surface area contributed by atoms with Gasteiger partial charge in [0.2, 0.25) is 0 Å². The molecule has 0 radical (unpaired) electrons. The number of nitrogens with zero attached hydrogens (tertiary/aromatic N) is 1. The van der Waals surface area contributed by atoms with Crippen LogP contribution in [0.15, 0.2) is 29.0 Å². The molecule has 0 saturated carbocycles. The summed E-state index contributed by atoms with van der Waals surface area (Å²) >= 11 is 0. The summed E-state index contributed by atoms with van der Waals surface area (Å²) in [6.45, 7) is 7.89. The fourth-order valence-electron chi connectivity index (χ4n) is 0.421. The molecule has 0 aliphatic rings. The van der Waals surface area contributed by atoms with Gasteiger partial charge in [0.05, 0.1) is 6.33 Å². The van der Waals surface area contributed by atoms with E-state index in [1.54, 1.807) is 6.92 Å². The van der Waals surface area contributed by atoms with E-state index in [9.17, 15) is 4.39 Å². The first kappa shape index (κ1) is 9.08. The lowest BCUT2D eigenvalue weighted by Gasteiger charge is -1.93. The summed E-state index contributed by atoms with van der Waals surface area (Å²) in [7, 11) is 0. The van der Waals surface area contributed by atoms with Crippen molar-refractivity contribution in [3.63, 3.8) is 0 Å². The number of aliphatic imine (C=N–C) groups is 1. The number of allylic oxidation sites excluding steroid dienone is 2. The van der Waals surface area contributed by atoms with Crippen LogP contribution < -0.4 is 0 Å². The molecule has 0 unspecified atom stereocenters. The Kier molecular flexibility index (Phi) is 4.46. The predicted molar refractivity (Wildman–Crippen MR) is 43.0 cm³/mol. The molecule has 1 nitrogen and oxygen atoms in total. The second-order valence-corrected chi connectivity index (χ2v) is 1.97. The predicted octanol–water partition coefficient (Wildman–Crippen LogP) is 2.51. The highest BCUT2D eigenvalue weighted by molar-refractivity contribution is 5.83. The highest BCUT2D eigenvalue weighted by Crippen LogP contribution is 2.03. The van der Waals surface area contributed by atoms with Crippen LogP contribution in [0.5, 0.6) is 0 Å². The smallest absolute Gasteiger partial charge is 0.0957 e. The number of rotatable bonds is 3. The second kappa shape index (κ2) is 4.91. The molecule has 0 atom stereocenters. The van der Waals surface area contributed by atoms with Gasteiger partial charge >= 0.3 is 0 Å². The summed E-state index contributed by atoms with van der Waals surface area (Å²) in [5.41, 5.74) is 1.15. The molecular weight excluding hydrogens is 129 g/mol. The van der Waals surface area contributed by atoms with Gasteiger partial charge in [0.1, 0.15) is 0 Å². The average Bonchev–Trinajstić information content (AvgIpc) is 1.89. The number of hydrogen-bond acceptors (Lipinski definition) is 1. The Bertz CT molecular complexity index is 168. The standard InChI is InChI=1S/C8H12FN/c1-4-10-6-8(5-9)7(2)3/h5-6H,2,4H2,1,3H3/b8-5+,10-6?. The van der Waals surface area contributed by atoms with E-state index in [1.165, 1.54) is 6.21 Å². The maximum atomic E-state index is 11.9. The van der Waals surface area contributed by atoms with Crippen LogP contribution in [-0.2, 0) is 0 Å². The molecular formula is C8H12FN. The largest absolute Gasteiger partial charge is 0.293 e. The van der Waals surface area contributed by atoms with Crippen molar-refractivity contribution in [2.45, 2.75) is 13.8 Å². The lowest BCUT2D eigenvalue weighted by Crippen LogP contribution is -1.85. The van der Waals surface area contributed by atoms with E-state index in [-0.39, 0.29) is 0 Å². The van der Waals surface area contributed by atoms with E-state index in [0.717, 1.165) is 0 Å². The minimum absolute atomic E-state index is 0.460. The van der Waals surface area contributed by atoms with Gasteiger partial charge in [-0.25, -0.2) is 4.39 Å². The first-order valence-electron chi connectivity index (χ1n) is 3.18. The van der Waals surface area contributed by atoms with Crippen molar-refractivity contribution in [3.05, 3.63) is 24.1 Å². The molecule has 0 aromatic heterocycles. The van der Waals surface area contributed by atoms with Gasteiger partial charge in [0.15, 0.2) is 0 Å². The van der Waals surface area contributed by atoms with Crippen molar-refractivity contribution < 1.29 is 4.39 Å². The lowest BCUT2D eigenvalue weighted by atomic mass is 10.2. The van der Waals surface area contributed by atoms with Gasteiger partial charge in [-0.1, -0.05) is 6.58 Å². The molecule has 2 heteroatoms. The molecule has 0 fully saturated rings. The van der Waals surface area contributed by atoms with Crippen molar-refractivity contribution in [1.82, 2.24) is 0 Å². The summed E-state index contributed by atoms with van der Waals surface area (Å²) in [5.74, 6) is 0. The Morgan fingerprint density at radius 2 is 2.30 bits per heavy atom. The quantitative estimate of drug-likeness (QED) is 0.423. The number of halogens is 1. The van der Waals surface area contributed by atoms with Crippen LogP contribution in [0.1, 0.15) is 13.8 Å². The Hall–Kier alpha value is -0.920. The van der Waals surface area contributed by atoms with Gasteiger partial charge in [-0.3, -0.25) is 4.99 Å². The molecule has 0 aromatic carbocycles. The maximum Gasteiger partial charge on any atom is 0.0957 e. The number of hydrogen-bond donors (Lipinski definition) is 0. The summed E-state index contributed by atoms with van der Waals surface area (Å²) in [4.78, 5) is 3.87. The normalized spacial score (nSPS) is 12.5. The van der Waals surface area contributed by atoms with Crippen LogP contribution in [0.25, 0.3) is 0 Å². The highest BCUT2D eigenvalue weighted by Gasteiger charge is 1.90. The van der Waals surface area contributed by atoms with Crippen LogP contribution >= 0.6 is 0 Å². The van der Waals surface area contributed by atoms with E-state index in [0.29, 0.717) is 24.0 Å². The molecule has 0 saturated heterocycles. The first-order chi connectivity index (χ1) is 4.72. The third kappa shape index (κ3) is 3.17. The molecule has 0 amide bonds. The average molecular weight is 141 g/mol. The van der Waals surface area contributed by atoms with Crippen LogP contribution in [0.2, 0.25) is 0 Å². The zero-order chi connectivity index (χ0) is 7.98. The van der Waals surface area contributed by atoms with Crippen molar-refractivity contribution >= 4 is 6.21 Å². The molecule has 0 rings (SSSR count). The van der Waals surface area contributed by atoms with Crippen LogP contribution in [0, 0.1) is 0 Å². The zero-order valence-electron chi connectivity index (χ0n) is 6.39. The molecule has 0 heterocycles. The maximum absolute atomic E-state index is 11.9. The van der Waals surface area contributed by atoms with Crippen LogP contribution in [0.4, 0.5) is 4.39 Å². The zero-order valence-corrected chi connectivity index (χ0v) is 6.39. The van der Waals surface area contributed by atoms with E-state index in [2.05, 4.69) is 11.6 Å². The lowest BCUT2D eigenvalue weighted by molar-refractivity contribution is 0.716. The fourth-order valence-corrected chi connectivity index (χ4v) is 0.421. The SMILES string of the molecule is C=C(C)/C(C=NCC)=C/F. The van der Waals surface area contributed by atoms with Crippen molar-refractivity contribution in [2.75, 3.05) is 6.54 Å². The third-order valence-electron chi connectivity index (χ3n) is 1.02. The molecule has 0 N–H and O–H groups in total. The summed E-state index contributed by atoms with van der Waals surface area (Å²) < 4.78 is 11.9. The Morgan fingerprint density at radius 1 is 1.70 bits per heavy atom. The molecule has 0 spiro atoms. The van der Waals surface area contributed by atoms with E-state index in [4.69, 9.17) is 0 Å². The van der Waals surface area contributed by atoms with E-state index in [1.807, 2.05) is 6.92 Å². The van der Waals surface area contributed by atoms with Gasteiger partial charge < -0.3 is 0 Å². The van der Waals surface area contributed by atoms with Gasteiger partial charge in [-0.15, -0.1) is 0 Å². The summed E-state index contributed by atoms with van der Waals surface area (Å²) in [6.07, 6.45) is 2.00. The summed E-state index contributed by atoms with van der Waals surface area (Å²) in [5, 5.41) is 0. The highest BCUT2D eigenvalue weighted by atomic mass is 19.1. The molecule has 56 valence electrons. The van der Waals surface area contributed by atoms with Crippen molar-refractivity contribution in [1.29, 1.82) is 0 Å². The monoisotopic (exact) mass is 141 g/mol. The van der Waals surface area contributed by atoms with Gasteiger partial charge in [-0.05, 0) is 19.4 Å². The van der Waals surface area contributed by atoms with Crippen molar-refractivity contribution in [3.8, 4) is 0 Å². The van der Waals surface area contributed by atoms with E-state index < -0.39 is 0 Å². The molecule has 10 heavy (non-hydrogen) atoms. The molecule has 0 aromatic rings. The Morgan fingerprint density at radius 3 is 2.60 bits per heavy atom. The third-order valence-corrected chi connectivity index (χ3v) is 1.02. The molecule has 0 bridgehead atoms. The van der Waals surface area contributed by atoms with Gasteiger partial charge in [0, 0.05) is 18.3 Å². The fraction of sp³-hybridized carbons (Fsp3) is 0.375. The summed E-state index contributed by atoms with van der Waals surface area (Å²) in [6, 6.07) is 0. The first-order valence-corrected chi connectivity index (χ1v) is 3.18. The van der Waals surface area contributed by atoms with Gasteiger partial charge in [-0.2, -0.15) is 0 Å². The minimum atomic E-state index is 0.460. The second-order valence-electron chi connectivity index (χ2n) is 1.97. The Labute approximate surface area is 61.0 Å². The topological polar surface area (TPSA) is 12.4 Å². The van der Waals surface area contributed by atoms with Gasteiger partial charge in [0.25, 0.3) is 0 Å². The molecule has 0 aliphatic heterocycles. The Balaban J connectivity index is 4.12. The van der Waals surface area contributed by atoms with E-state index >= 15 is 0 Å². The molecule has 0 aliphatic carbocycles. The van der Waals surface area contributed by atoms with Crippen molar-refractivity contribution in [2.24, 2.45) is 4.99 Å². The van der Waals surface area contributed by atoms with Crippen LogP contribution in [0.3, 0.4) is 0 Å².